The summed E-state index contributed by atoms with van der Waals surface area (Å²) in [6, 6.07) is -0.465. The van der Waals surface area contributed by atoms with Gasteiger partial charge in [-0.25, -0.2) is 9.78 Å². The number of ether oxygens (including phenoxy) is 1. The summed E-state index contributed by atoms with van der Waals surface area (Å²) in [6.07, 6.45) is 6.69. The van der Waals surface area contributed by atoms with E-state index in [4.69, 9.17) is 4.74 Å². The number of rotatable bonds is 1. The van der Waals surface area contributed by atoms with E-state index in [1.165, 1.54) is 15.8 Å². The summed E-state index contributed by atoms with van der Waals surface area (Å²) >= 11 is 0. The van der Waals surface area contributed by atoms with E-state index in [-0.39, 0.29) is 5.91 Å². The van der Waals surface area contributed by atoms with Gasteiger partial charge in [-0.2, -0.15) is 0 Å². The number of piperidine rings is 1. The molecule has 0 aromatic carbocycles. The molecule has 1 atom stereocenters. The largest absolute Gasteiger partial charge is 0.444 e. The molecule has 0 unspecified atom stereocenters. The summed E-state index contributed by atoms with van der Waals surface area (Å²) in [5.41, 5.74) is -0.558. The van der Waals surface area contributed by atoms with Crippen molar-refractivity contribution >= 4 is 12.0 Å². The van der Waals surface area contributed by atoms with Crippen LogP contribution in [0.15, 0.2) is 18.7 Å². The lowest BCUT2D eigenvalue weighted by Gasteiger charge is -2.35. The Labute approximate surface area is 118 Å². The molecule has 1 aromatic heterocycles. The van der Waals surface area contributed by atoms with Crippen LogP contribution in [0, 0.1) is 0 Å². The van der Waals surface area contributed by atoms with Crippen molar-refractivity contribution in [2.24, 2.45) is 0 Å². The number of hydrogen-bond donors (Lipinski definition) is 0. The van der Waals surface area contributed by atoms with Crippen molar-refractivity contribution in [1.82, 2.24) is 14.5 Å². The minimum atomic E-state index is -0.558. The molecule has 110 valence electrons. The highest BCUT2D eigenvalue weighted by Crippen LogP contribution is 2.21. The predicted molar refractivity (Wildman–Crippen MR) is 73.4 cm³/mol. The quantitative estimate of drug-likeness (QED) is 0.791. The number of carbonyl (C=O) groups is 2. The van der Waals surface area contributed by atoms with Crippen molar-refractivity contribution in [1.29, 1.82) is 0 Å². The van der Waals surface area contributed by atoms with Crippen LogP contribution in [-0.4, -0.2) is 44.6 Å². The first-order chi connectivity index (χ1) is 9.38. The van der Waals surface area contributed by atoms with Gasteiger partial charge in [0.1, 0.15) is 18.0 Å². The van der Waals surface area contributed by atoms with Crippen molar-refractivity contribution in [2.45, 2.75) is 51.7 Å². The Morgan fingerprint density at radius 3 is 2.65 bits per heavy atom. The van der Waals surface area contributed by atoms with E-state index in [1.807, 2.05) is 20.8 Å². The number of amides is 1. The minimum absolute atomic E-state index is 0.131. The van der Waals surface area contributed by atoms with Gasteiger partial charge >= 0.3 is 6.09 Å². The Kier molecular flexibility index (Phi) is 4.11. The van der Waals surface area contributed by atoms with E-state index in [0.29, 0.717) is 13.0 Å². The molecule has 2 rings (SSSR count). The van der Waals surface area contributed by atoms with Gasteiger partial charge < -0.3 is 4.74 Å². The zero-order valence-electron chi connectivity index (χ0n) is 12.2. The summed E-state index contributed by atoms with van der Waals surface area (Å²) in [7, 11) is 0. The van der Waals surface area contributed by atoms with Crippen LogP contribution >= 0.6 is 0 Å². The molecule has 0 saturated carbocycles. The molecular formula is C14H21N3O3. The molecule has 6 heteroatoms. The van der Waals surface area contributed by atoms with Gasteiger partial charge in [-0.05, 0) is 40.0 Å². The fraction of sp³-hybridized carbons (Fsp3) is 0.643. The van der Waals surface area contributed by atoms with E-state index in [9.17, 15) is 9.59 Å². The van der Waals surface area contributed by atoms with Gasteiger partial charge in [0.05, 0.1) is 0 Å². The standard InChI is InChI=1S/C14H21N3O3/c1-14(2,3)20-13(19)17-8-5-4-6-11(17)12(18)16-9-7-15-10-16/h7,9-11H,4-6,8H2,1-3H3/t11-/m0/s1. The fourth-order valence-electron chi connectivity index (χ4n) is 2.29. The van der Waals surface area contributed by atoms with Gasteiger partial charge in [0.25, 0.3) is 5.91 Å². The summed E-state index contributed by atoms with van der Waals surface area (Å²) in [5, 5.41) is 0. The molecule has 1 fully saturated rings. The van der Waals surface area contributed by atoms with Gasteiger partial charge in [0.2, 0.25) is 0 Å². The highest BCUT2D eigenvalue weighted by Gasteiger charge is 2.35. The number of hydrogen-bond acceptors (Lipinski definition) is 4. The summed E-state index contributed by atoms with van der Waals surface area (Å²) < 4.78 is 6.81. The number of carbonyl (C=O) groups excluding carboxylic acids is 2. The van der Waals surface area contributed by atoms with Crippen LogP contribution in [0.1, 0.15) is 44.8 Å². The summed E-state index contributed by atoms with van der Waals surface area (Å²) in [6.45, 7) is 6.02. The molecule has 1 aliphatic rings. The maximum Gasteiger partial charge on any atom is 0.410 e. The third kappa shape index (κ3) is 3.37. The van der Waals surface area contributed by atoms with Crippen LogP contribution in [0.3, 0.4) is 0 Å². The van der Waals surface area contributed by atoms with E-state index in [2.05, 4.69) is 4.98 Å². The first-order valence-corrected chi connectivity index (χ1v) is 6.90. The normalized spacial score (nSPS) is 19.8. The number of aromatic nitrogens is 2. The van der Waals surface area contributed by atoms with E-state index < -0.39 is 17.7 Å². The maximum absolute atomic E-state index is 12.4. The molecule has 1 aromatic rings. The molecule has 0 bridgehead atoms. The van der Waals surface area contributed by atoms with Gasteiger partial charge in [-0.15, -0.1) is 0 Å². The van der Waals surface area contributed by atoms with Gasteiger partial charge in [-0.3, -0.25) is 14.3 Å². The van der Waals surface area contributed by atoms with Crippen molar-refractivity contribution < 1.29 is 14.3 Å². The smallest absolute Gasteiger partial charge is 0.410 e. The van der Waals surface area contributed by atoms with E-state index >= 15 is 0 Å². The second kappa shape index (κ2) is 5.64. The predicted octanol–water partition coefficient (Wildman–Crippen LogP) is 2.31. The number of nitrogens with zero attached hydrogens (tertiary/aromatic N) is 3. The Morgan fingerprint density at radius 2 is 2.05 bits per heavy atom. The van der Waals surface area contributed by atoms with Gasteiger partial charge in [-0.1, -0.05) is 0 Å². The van der Waals surface area contributed by atoms with Crippen LogP contribution in [0.25, 0.3) is 0 Å². The first-order valence-electron chi connectivity index (χ1n) is 6.90. The van der Waals surface area contributed by atoms with Crippen molar-refractivity contribution in [3.05, 3.63) is 18.7 Å². The third-order valence-corrected chi connectivity index (χ3v) is 3.17. The molecule has 0 radical (unpaired) electrons. The van der Waals surface area contributed by atoms with Crippen LogP contribution in [0.4, 0.5) is 4.79 Å². The summed E-state index contributed by atoms with van der Waals surface area (Å²) in [4.78, 5) is 30.1. The lowest BCUT2D eigenvalue weighted by atomic mass is 10.0. The van der Waals surface area contributed by atoms with Crippen molar-refractivity contribution in [3.8, 4) is 0 Å². The Morgan fingerprint density at radius 1 is 1.30 bits per heavy atom. The van der Waals surface area contributed by atoms with Crippen LogP contribution in [0.2, 0.25) is 0 Å². The lowest BCUT2D eigenvalue weighted by Crippen LogP contribution is -2.50. The van der Waals surface area contributed by atoms with Gasteiger partial charge in [0.15, 0.2) is 0 Å². The highest BCUT2D eigenvalue weighted by molar-refractivity contribution is 5.87. The molecule has 1 saturated heterocycles. The molecule has 1 amide bonds. The zero-order valence-corrected chi connectivity index (χ0v) is 12.2. The lowest BCUT2D eigenvalue weighted by molar-refractivity contribution is 0.00880. The second-order valence-electron chi connectivity index (χ2n) is 5.99. The average molecular weight is 279 g/mol. The average Bonchev–Trinajstić information content (AvgIpc) is 2.89. The fourth-order valence-corrected chi connectivity index (χ4v) is 2.29. The highest BCUT2D eigenvalue weighted by atomic mass is 16.6. The minimum Gasteiger partial charge on any atom is -0.444 e. The summed E-state index contributed by atoms with van der Waals surface area (Å²) in [5.74, 6) is -0.131. The second-order valence-corrected chi connectivity index (χ2v) is 5.99. The van der Waals surface area contributed by atoms with Crippen molar-refractivity contribution in [3.63, 3.8) is 0 Å². The molecule has 2 heterocycles. The van der Waals surface area contributed by atoms with Crippen LogP contribution < -0.4 is 0 Å². The topological polar surface area (TPSA) is 64.4 Å². The molecule has 0 N–H and O–H groups in total. The molecule has 20 heavy (non-hydrogen) atoms. The van der Waals surface area contributed by atoms with Crippen molar-refractivity contribution in [2.75, 3.05) is 6.54 Å². The van der Waals surface area contributed by atoms with E-state index in [0.717, 1.165) is 12.8 Å². The number of likely N-dealkylation sites (tertiary alicyclic amines) is 1. The number of imidazole rings is 1. The van der Waals surface area contributed by atoms with Crippen LogP contribution in [-0.2, 0) is 4.74 Å². The molecule has 6 nitrogen and oxygen atoms in total. The molecule has 1 aliphatic heterocycles. The third-order valence-electron chi connectivity index (χ3n) is 3.17. The van der Waals surface area contributed by atoms with E-state index in [1.54, 1.807) is 12.4 Å². The zero-order chi connectivity index (χ0) is 14.8. The maximum atomic E-state index is 12.4. The van der Waals surface area contributed by atoms with Crippen LogP contribution in [0.5, 0.6) is 0 Å². The monoisotopic (exact) mass is 279 g/mol. The Balaban J connectivity index is 2.13. The Bertz CT molecular complexity index is 476. The molecular weight excluding hydrogens is 258 g/mol. The molecule has 0 aliphatic carbocycles. The molecule has 0 spiro atoms. The first kappa shape index (κ1) is 14.6. The SMILES string of the molecule is CC(C)(C)OC(=O)N1CCCC[C@H]1C(=O)n1ccnc1. The Hall–Kier alpha value is -1.85. The van der Waals surface area contributed by atoms with Gasteiger partial charge in [0, 0.05) is 18.9 Å².